The molecule has 144 valence electrons. The van der Waals surface area contributed by atoms with Gasteiger partial charge in [-0.3, -0.25) is 14.4 Å². The number of carbonyl (C=O) groups is 3. The molecule has 0 saturated carbocycles. The van der Waals surface area contributed by atoms with Crippen LogP contribution < -0.4 is 10.1 Å². The minimum absolute atomic E-state index is 0.0989. The van der Waals surface area contributed by atoms with E-state index < -0.39 is 23.4 Å². The van der Waals surface area contributed by atoms with Crippen molar-refractivity contribution in [2.24, 2.45) is 5.41 Å². The molecule has 1 N–H and O–H groups in total. The molecule has 26 heavy (non-hydrogen) atoms. The molecule has 1 atom stereocenters. The Bertz CT molecular complexity index is 607. The molecule has 0 radical (unpaired) electrons. The zero-order valence-electron chi connectivity index (χ0n) is 16.0. The third-order valence-electron chi connectivity index (χ3n) is 4.13. The maximum atomic E-state index is 12.8. The summed E-state index contributed by atoms with van der Waals surface area (Å²) in [6, 6.07) is 5.85. The van der Waals surface area contributed by atoms with Gasteiger partial charge in [0.25, 0.3) is 0 Å². The number of esters is 2. The Morgan fingerprint density at radius 3 is 1.85 bits per heavy atom. The summed E-state index contributed by atoms with van der Waals surface area (Å²) >= 11 is 0. The number of carbonyl (C=O) groups excluding carboxylic acids is 3. The third-order valence-corrected chi connectivity index (χ3v) is 4.13. The molecule has 0 saturated heterocycles. The van der Waals surface area contributed by atoms with Crippen molar-refractivity contribution in [1.29, 1.82) is 0 Å². The number of hydrogen-bond acceptors (Lipinski definition) is 6. The number of methoxy groups -OCH3 is 1. The lowest BCUT2D eigenvalue weighted by Gasteiger charge is -2.36. The molecule has 0 heterocycles. The first-order valence-corrected chi connectivity index (χ1v) is 8.62. The standard InChI is InChI=1S/C19H27NO6/c1-6-19(17(22)25-7-2,18(23)26-8-3)16(20-13(4)21)14-9-11-15(24-5)12-10-14/h9-12,16H,6-8H2,1-5H3,(H,20,21). The van der Waals surface area contributed by atoms with Gasteiger partial charge >= 0.3 is 11.9 Å². The largest absolute Gasteiger partial charge is 0.497 e. The summed E-state index contributed by atoms with van der Waals surface area (Å²) in [5, 5.41) is 2.72. The van der Waals surface area contributed by atoms with E-state index in [0.29, 0.717) is 11.3 Å². The lowest BCUT2D eigenvalue weighted by Crippen LogP contribution is -2.52. The summed E-state index contributed by atoms with van der Waals surface area (Å²) in [4.78, 5) is 37.5. The highest BCUT2D eigenvalue weighted by Crippen LogP contribution is 2.40. The second kappa shape index (κ2) is 9.79. The molecule has 1 rings (SSSR count). The van der Waals surface area contributed by atoms with E-state index >= 15 is 0 Å². The van der Waals surface area contributed by atoms with Crippen LogP contribution in [0.25, 0.3) is 0 Å². The summed E-state index contributed by atoms with van der Waals surface area (Å²) in [6.45, 7) is 6.54. The van der Waals surface area contributed by atoms with Gasteiger partial charge in [0.2, 0.25) is 5.91 Å². The van der Waals surface area contributed by atoms with Gasteiger partial charge in [0, 0.05) is 6.92 Å². The fourth-order valence-electron chi connectivity index (χ4n) is 2.82. The second-order valence-corrected chi connectivity index (χ2v) is 5.67. The number of hydrogen-bond donors (Lipinski definition) is 1. The van der Waals surface area contributed by atoms with Crippen LogP contribution in [0, 0.1) is 5.41 Å². The average Bonchev–Trinajstić information content (AvgIpc) is 2.62. The van der Waals surface area contributed by atoms with E-state index in [9.17, 15) is 14.4 Å². The fraction of sp³-hybridized carbons (Fsp3) is 0.526. The Balaban J connectivity index is 3.54. The van der Waals surface area contributed by atoms with Gasteiger partial charge in [-0.1, -0.05) is 19.1 Å². The molecule has 0 aliphatic carbocycles. The van der Waals surface area contributed by atoms with Crippen LogP contribution in [-0.4, -0.2) is 38.2 Å². The topological polar surface area (TPSA) is 90.9 Å². The van der Waals surface area contributed by atoms with Gasteiger partial charge in [-0.05, 0) is 38.0 Å². The molecule has 1 aromatic carbocycles. The van der Waals surface area contributed by atoms with Crippen molar-refractivity contribution in [3.63, 3.8) is 0 Å². The van der Waals surface area contributed by atoms with Crippen LogP contribution >= 0.6 is 0 Å². The van der Waals surface area contributed by atoms with E-state index in [2.05, 4.69) is 5.32 Å². The van der Waals surface area contributed by atoms with E-state index in [0.717, 1.165) is 0 Å². The molecular weight excluding hydrogens is 338 g/mol. The zero-order valence-corrected chi connectivity index (χ0v) is 16.0. The van der Waals surface area contributed by atoms with Crippen LogP contribution in [0.4, 0.5) is 0 Å². The molecule has 0 aliphatic heterocycles. The zero-order chi connectivity index (χ0) is 19.7. The van der Waals surface area contributed by atoms with Crippen molar-refractivity contribution < 1.29 is 28.6 Å². The first-order valence-electron chi connectivity index (χ1n) is 8.62. The maximum Gasteiger partial charge on any atom is 0.325 e. The van der Waals surface area contributed by atoms with Crippen molar-refractivity contribution in [2.45, 2.75) is 40.2 Å². The molecule has 0 spiro atoms. The summed E-state index contributed by atoms with van der Waals surface area (Å²) in [7, 11) is 1.54. The van der Waals surface area contributed by atoms with E-state index in [1.165, 1.54) is 14.0 Å². The lowest BCUT2D eigenvalue weighted by molar-refractivity contribution is -0.175. The molecule has 0 bridgehead atoms. The Kier molecular flexibility index (Phi) is 8.09. The van der Waals surface area contributed by atoms with Crippen LogP contribution in [0.1, 0.15) is 45.7 Å². The van der Waals surface area contributed by atoms with E-state index in [-0.39, 0.29) is 25.5 Å². The summed E-state index contributed by atoms with van der Waals surface area (Å²) in [5.74, 6) is -1.21. The average molecular weight is 365 g/mol. The predicted octanol–water partition coefficient (Wildman–Crippen LogP) is 2.40. The Hall–Kier alpha value is -2.57. The highest BCUT2D eigenvalue weighted by atomic mass is 16.6. The number of ether oxygens (including phenoxy) is 3. The minimum atomic E-state index is -1.69. The van der Waals surface area contributed by atoms with Crippen LogP contribution in [-0.2, 0) is 23.9 Å². The summed E-state index contributed by atoms with van der Waals surface area (Å²) in [5.41, 5.74) is -1.12. The van der Waals surface area contributed by atoms with Gasteiger partial charge in [-0.25, -0.2) is 0 Å². The smallest absolute Gasteiger partial charge is 0.325 e. The Labute approximate surface area is 154 Å². The van der Waals surface area contributed by atoms with Crippen molar-refractivity contribution in [1.82, 2.24) is 5.32 Å². The van der Waals surface area contributed by atoms with Gasteiger partial charge in [0.1, 0.15) is 5.75 Å². The third kappa shape index (κ3) is 4.53. The number of amides is 1. The summed E-state index contributed by atoms with van der Waals surface area (Å²) < 4.78 is 15.5. The first kappa shape index (κ1) is 21.5. The monoisotopic (exact) mass is 365 g/mol. The molecule has 1 amide bonds. The number of rotatable bonds is 9. The predicted molar refractivity (Wildman–Crippen MR) is 95.5 cm³/mol. The molecule has 1 unspecified atom stereocenters. The molecule has 0 aliphatic rings. The van der Waals surface area contributed by atoms with E-state index in [1.54, 1.807) is 45.0 Å². The second-order valence-electron chi connectivity index (χ2n) is 5.67. The van der Waals surface area contributed by atoms with Gasteiger partial charge < -0.3 is 19.5 Å². The highest BCUT2D eigenvalue weighted by molar-refractivity contribution is 6.01. The molecular formula is C19H27NO6. The van der Waals surface area contributed by atoms with Gasteiger partial charge in [-0.15, -0.1) is 0 Å². The minimum Gasteiger partial charge on any atom is -0.497 e. The van der Waals surface area contributed by atoms with Crippen LogP contribution in [0.2, 0.25) is 0 Å². The van der Waals surface area contributed by atoms with E-state index in [1.807, 2.05) is 0 Å². The van der Waals surface area contributed by atoms with Gasteiger partial charge in [-0.2, -0.15) is 0 Å². The molecule has 1 aromatic rings. The molecule has 7 heteroatoms. The van der Waals surface area contributed by atoms with Crippen LogP contribution in [0.15, 0.2) is 24.3 Å². The Morgan fingerprint density at radius 1 is 1.00 bits per heavy atom. The molecule has 0 fully saturated rings. The number of benzene rings is 1. The maximum absolute atomic E-state index is 12.8. The van der Waals surface area contributed by atoms with Crippen molar-refractivity contribution in [2.75, 3.05) is 20.3 Å². The normalized spacial score (nSPS) is 12.0. The number of nitrogens with one attached hydrogen (secondary N) is 1. The lowest BCUT2D eigenvalue weighted by atomic mass is 9.74. The van der Waals surface area contributed by atoms with Crippen LogP contribution in [0.5, 0.6) is 5.75 Å². The summed E-state index contributed by atoms with van der Waals surface area (Å²) in [6.07, 6.45) is 0.0989. The quantitative estimate of drug-likeness (QED) is 0.534. The van der Waals surface area contributed by atoms with Gasteiger partial charge in [0.15, 0.2) is 5.41 Å². The molecule has 0 aromatic heterocycles. The van der Waals surface area contributed by atoms with E-state index in [4.69, 9.17) is 14.2 Å². The fourth-order valence-corrected chi connectivity index (χ4v) is 2.82. The Morgan fingerprint density at radius 2 is 1.50 bits per heavy atom. The molecule has 7 nitrogen and oxygen atoms in total. The van der Waals surface area contributed by atoms with Crippen LogP contribution in [0.3, 0.4) is 0 Å². The van der Waals surface area contributed by atoms with Gasteiger partial charge in [0.05, 0.1) is 26.4 Å². The van der Waals surface area contributed by atoms with Crippen molar-refractivity contribution >= 4 is 17.8 Å². The van der Waals surface area contributed by atoms with Crippen molar-refractivity contribution in [3.05, 3.63) is 29.8 Å². The SMILES string of the molecule is CCOC(=O)C(CC)(C(=O)OCC)C(NC(C)=O)c1ccc(OC)cc1. The first-order chi connectivity index (χ1) is 12.4. The van der Waals surface area contributed by atoms with Crippen molar-refractivity contribution in [3.8, 4) is 5.75 Å². The highest BCUT2D eigenvalue weighted by Gasteiger charge is 2.54.